The first-order valence-electron chi connectivity index (χ1n) is 30.7. The molecule has 0 saturated carbocycles. The van der Waals surface area contributed by atoms with Gasteiger partial charge in [0.05, 0.1) is 25.2 Å². The minimum Gasteiger partial charge on any atom is -0.462 e. The van der Waals surface area contributed by atoms with Gasteiger partial charge in [0.25, 0.3) is 0 Å². The summed E-state index contributed by atoms with van der Waals surface area (Å²) < 4.78 is 5.97. The van der Waals surface area contributed by atoms with E-state index in [1.54, 1.807) is 0 Å². The van der Waals surface area contributed by atoms with Crippen molar-refractivity contribution in [1.82, 2.24) is 5.32 Å². The number of aliphatic hydroxyl groups is 2. The molecule has 0 aromatic rings. The van der Waals surface area contributed by atoms with Crippen LogP contribution in [0.5, 0.6) is 0 Å². The number of carbonyl (C=O) groups excluding carboxylic acids is 2. The molecule has 0 radical (unpaired) electrons. The number of nitrogens with one attached hydrogen (secondary N) is 1. The Balaban J connectivity index is 4.60. The third-order valence-electron chi connectivity index (χ3n) is 13.9. The molecular formula is C65H117NO5. The van der Waals surface area contributed by atoms with Gasteiger partial charge in [-0.3, -0.25) is 9.59 Å². The molecule has 6 nitrogen and oxygen atoms in total. The number of allylic oxidation sites excluding steroid dienone is 12. The molecule has 71 heavy (non-hydrogen) atoms. The number of amides is 1. The number of hydrogen-bond acceptors (Lipinski definition) is 5. The Morgan fingerprint density at radius 3 is 1.18 bits per heavy atom. The lowest BCUT2D eigenvalue weighted by molar-refractivity contribution is -0.151. The molecule has 0 spiro atoms. The zero-order valence-electron chi connectivity index (χ0n) is 47.1. The average molecular weight is 993 g/mol. The van der Waals surface area contributed by atoms with Gasteiger partial charge >= 0.3 is 5.97 Å². The lowest BCUT2D eigenvalue weighted by Crippen LogP contribution is -2.46. The van der Waals surface area contributed by atoms with Crippen molar-refractivity contribution in [2.45, 2.75) is 322 Å². The quantitative estimate of drug-likeness (QED) is 0.0244. The fraction of sp³-hybridized carbons (Fsp3) is 0.785. The Hall–Kier alpha value is -2.70. The van der Waals surface area contributed by atoms with E-state index in [2.05, 4.69) is 74.7 Å². The molecule has 412 valence electrons. The normalized spacial score (nSPS) is 13.6. The van der Waals surface area contributed by atoms with E-state index >= 15 is 0 Å². The molecule has 6 heteroatoms. The molecule has 0 rings (SSSR count). The van der Waals surface area contributed by atoms with E-state index in [9.17, 15) is 19.8 Å². The second kappa shape index (κ2) is 58.2. The zero-order chi connectivity index (χ0) is 51.6. The number of esters is 1. The summed E-state index contributed by atoms with van der Waals surface area (Å²) in [6.07, 6.45) is 75.3. The molecule has 0 aromatic carbocycles. The highest BCUT2D eigenvalue weighted by Crippen LogP contribution is 2.19. The second-order valence-corrected chi connectivity index (χ2v) is 20.9. The predicted octanol–water partition coefficient (Wildman–Crippen LogP) is 19.3. The fourth-order valence-electron chi connectivity index (χ4n) is 9.22. The standard InChI is InChI=1S/C65H117NO5/c1-4-7-10-13-16-19-22-25-28-31-34-37-40-43-46-49-52-55-58-65(70)71-61(56-53-50-47-44-41-38-35-32-29-26-23-20-17-14-11-8-5-2)59-64(69)66-62(60-67)63(68)57-54-51-48-45-42-39-36-33-30-27-24-21-18-15-12-9-6-3/h10,13,16,19,22,25-26,28-29,31,34,37,61-63,67-68H,4-9,11-12,14-15,17-18,20-21,23-24,27,30,32-33,35-36,38-60H2,1-3H3,(H,66,69)/b13-10+,19-16+,25-22+,29-26+,31-28+,37-34+. The first kappa shape index (κ1) is 68.3. The monoisotopic (exact) mass is 992 g/mol. The summed E-state index contributed by atoms with van der Waals surface area (Å²) in [5.74, 6) is -0.498. The largest absolute Gasteiger partial charge is 0.462 e. The van der Waals surface area contributed by atoms with Gasteiger partial charge in [0.1, 0.15) is 6.10 Å². The number of carbonyl (C=O) groups is 2. The van der Waals surface area contributed by atoms with Gasteiger partial charge in [0.15, 0.2) is 0 Å². The van der Waals surface area contributed by atoms with Gasteiger partial charge in [-0.2, -0.15) is 0 Å². The number of aliphatic hydroxyl groups excluding tert-OH is 2. The maximum atomic E-state index is 13.3. The molecular weight excluding hydrogens is 875 g/mol. The van der Waals surface area contributed by atoms with Crippen LogP contribution in [0.2, 0.25) is 0 Å². The summed E-state index contributed by atoms with van der Waals surface area (Å²) in [5.41, 5.74) is 0. The van der Waals surface area contributed by atoms with E-state index in [4.69, 9.17) is 4.74 Å². The summed E-state index contributed by atoms with van der Waals surface area (Å²) in [6.45, 7) is 6.42. The van der Waals surface area contributed by atoms with Gasteiger partial charge in [-0.05, 0) is 70.6 Å². The lowest BCUT2D eigenvalue weighted by atomic mass is 10.0. The summed E-state index contributed by atoms with van der Waals surface area (Å²) in [7, 11) is 0. The number of ether oxygens (including phenoxy) is 1. The van der Waals surface area contributed by atoms with Gasteiger partial charge < -0.3 is 20.3 Å². The van der Waals surface area contributed by atoms with Crippen LogP contribution in [-0.2, 0) is 14.3 Å². The Bertz CT molecular complexity index is 1300. The van der Waals surface area contributed by atoms with Crippen LogP contribution in [0, 0.1) is 0 Å². The fourth-order valence-corrected chi connectivity index (χ4v) is 9.22. The topological polar surface area (TPSA) is 95.9 Å². The highest BCUT2D eigenvalue weighted by Gasteiger charge is 2.24. The molecule has 0 aliphatic heterocycles. The van der Waals surface area contributed by atoms with Crippen LogP contribution in [0.15, 0.2) is 72.9 Å². The Morgan fingerprint density at radius 2 is 0.761 bits per heavy atom. The van der Waals surface area contributed by atoms with Gasteiger partial charge in [-0.15, -0.1) is 0 Å². The highest BCUT2D eigenvalue weighted by molar-refractivity contribution is 5.77. The third kappa shape index (κ3) is 53.4. The van der Waals surface area contributed by atoms with E-state index in [1.807, 2.05) is 24.3 Å². The van der Waals surface area contributed by atoms with Crippen LogP contribution in [-0.4, -0.2) is 46.9 Å². The maximum absolute atomic E-state index is 13.3. The summed E-state index contributed by atoms with van der Waals surface area (Å²) in [4.78, 5) is 26.4. The molecule has 3 N–H and O–H groups in total. The predicted molar refractivity (Wildman–Crippen MR) is 310 cm³/mol. The van der Waals surface area contributed by atoms with E-state index in [1.165, 1.54) is 173 Å². The summed E-state index contributed by atoms with van der Waals surface area (Å²) in [6, 6.07) is -0.713. The van der Waals surface area contributed by atoms with Crippen LogP contribution in [0.1, 0.15) is 303 Å². The smallest absolute Gasteiger partial charge is 0.306 e. The Morgan fingerprint density at radius 1 is 0.408 bits per heavy atom. The van der Waals surface area contributed by atoms with E-state index in [0.29, 0.717) is 19.3 Å². The van der Waals surface area contributed by atoms with Crippen molar-refractivity contribution in [1.29, 1.82) is 0 Å². The van der Waals surface area contributed by atoms with Crippen LogP contribution in [0.3, 0.4) is 0 Å². The molecule has 3 unspecified atom stereocenters. The van der Waals surface area contributed by atoms with Gasteiger partial charge in [-0.25, -0.2) is 0 Å². The highest BCUT2D eigenvalue weighted by atomic mass is 16.5. The van der Waals surface area contributed by atoms with Crippen molar-refractivity contribution in [2.75, 3.05) is 6.61 Å². The first-order valence-corrected chi connectivity index (χ1v) is 30.7. The summed E-state index contributed by atoms with van der Waals surface area (Å²) in [5, 5.41) is 24.0. The maximum Gasteiger partial charge on any atom is 0.306 e. The van der Waals surface area contributed by atoms with Crippen molar-refractivity contribution in [3.05, 3.63) is 72.9 Å². The van der Waals surface area contributed by atoms with Crippen molar-refractivity contribution in [3.8, 4) is 0 Å². The van der Waals surface area contributed by atoms with Gasteiger partial charge in [0.2, 0.25) is 5.91 Å². The molecule has 1 amide bonds. The van der Waals surface area contributed by atoms with E-state index < -0.39 is 18.2 Å². The molecule has 0 fully saturated rings. The summed E-state index contributed by atoms with van der Waals surface area (Å²) >= 11 is 0. The SMILES string of the molecule is CCC/C=C/C=C/C=C/C=C/C=C/CCCCCCCC(=O)OC(CCCCCCCCC/C=C/CCCCCCCC)CC(=O)NC(CO)C(O)CCCCCCCCCCCCCCCCCCC. The molecule has 0 bridgehead atoms. The van der Waals surface area contributed by atoms with Crippen molar-refractivity contribution in [2.24, 2.45) is 0 Å². The Kier molecular flexibility index (Phi) is 56.0. The van der Waals surface area contributed by atoms with E-state index in [0.717, 1.165) is 83.5 Å². The number of rotatable bonds is 55. The van der Waals surface area contributed by atoms with E-state index in [-0.39, 0.29) is 24.9 Å². The minimum absolute atomic E-state index is 0.0627. The van der Waals surface area contributed by atoms with Gasteiger partial charge in [0, 0.05) is 6.42 Å². The third-order valence-corrected chi connectivity index (χ3v) is 13.9. The molecule has 0 aliphatic rings. The van der Waals surface area contributed by atoms with Crippen LogP contribution in [0.25, 0.3) is 0 Å². The molecule has 3 atom stereocenters. The van der Waals surface area contributed by atoms with Crippen molar-refractivity contribution < 1.29 is 24.5 Å². The molecule has 0 saturated heterocycles. The molecule has 0 aromatic heterocycles. The zero-order valence-corrected chi connectivity index (χ0v) is 47.1. The molecule has 0 aliphatic carbocycles. The lowest BCUT2D eigenvalue weighted by Gasteiger charge is -2.24. The van der Waals surface area contributed by atoms with Crippen molar-refractivity contribution in [3.63, 3.8) is 0 Å². The second-order valence-electron chi connectivity index (χ2n) is 20.9. The number of hydrogen-bond donors (Lipinski definition) is 3. The first-order chi connectivity index (χ1) is 35.0. The molecule has 0 heterocycles. The Labute approximate surface area is 441 Å². The van der Waals surface area contributed by atoms with Crippen molar-refractivity contribution >= 4 is 11.9 Å². The van der Waals surface area contributed by atoms with Crippen LogP contribution >= 0.6 is 0 Å². The van der Waals surface area contributed by atoms with Crippen LogP contribution < -0.4 is 5.32 Å². The van der Waals surface area contributed by atoms with Crippen LogP contribution in [0.4, 0.5) is 0 Å². The average Bonchev–Trinajstić information content (AvgIpc) is 3.36. The number of unbranched alkanes of at least 4 members (excludes halogenated alkanes) is 35. The van der Waals surface area contributed by atoms with Gasteiger partial charge in [-0.1, -0.05) is 293 Å². The minimum atomic E-state index is -0.798.